The second kappa shape index (κ2) is 5.44. The van der Waals surface area contributed by atoms with Crippen LogP contribution in [0.5, 0.6) is 5.75 Å². The number of phenolic OH excluding ortho intramolecular Hbond substituents is 1. The normalized spacial score (nSPS) is 10.8. The monoisotopic (exact) mass is 257 g/mol. The molecule has 19 heavy (non-hydrogen) atoms. The van der Waals surface area contributed by atoms with Crippen LogP contribution in [0, 0.1) is 12.7 Å². The van der Waals surface area contributed by atoms with Crippen molar-refractivity contribution in [2.45, 2.75) is 6.92 Å². The lowest BCUT2D eigenvalue weighted by Crippen LogP contribution is -1.88. The number of rotatable bonds is 3. The summed E-state index contributed by atoms with van der Waals surface area (Å²) in [5, 5.41) is 9.30. The maximum absolute atomic E-state index is 13.4. The number of pyridine rings is 1. The molecule has 0 aliphatic heterocycles. The highest BCUT2D eigenvalue weighted by Gasteiger charge is 2.07. The number of halogens is 1. The lowest BCUT2D eigenvalue weighted by atomic mass is 10.1. The quantitative estimate of drug-likeness (QED) is 0.859. The summed E-state index contributed by atoms with van der Waals surface area (Å²) in [5.74, 6) is -1.43. The Morgan fingerprint density at radius 1 is 1.21 bits per heavy atom. The first-order valence-electron chi connectivity index (χ1n) is 5.68. The number of hydrogen-bond donors (Lipinski definition) is 1. The summed E-state index contributed by atoms with van der Waals surface area (Å²) >= 11 is 0. The molecule has 0 bridgehead atoms. The van der Waals surface area contributed by atoms with E-state index < -0.39 is 11.6 Å². The number of phenols is 1. The van der Waals surface area contributed by atoms with Gasteiger partial charge in [0, 0.05) is 11.9 Å². The van der Waals surface area contributed by atoms with Crippen molar-refractivity contribution < 1.29 is 14.3 Å². The predicted molar refractivity (Wildman–Crippen MR) is 71.4 cm³/mol. The molecule has 1 aromatic heterocycles. The minimum absolute atomic E-state index is 0.0679. The summed E-state index contributed by atoms with van der Waals surface area (Å²) in [6.45, 7) is 1.89. The van der Waals surface area contributed by atoms with E-state index in [4.69, 9.17) is 0 Å². The SMILES string of the molecule is Cc1ccc(C=Cc2cc(F)c(O)c(C=O)c2)cn1. The third-order valence-electron chi connectivity index (χ3n) is 2.64. The molecule has 0 spiro atoms. The summed E-state index contributed by atoms with van der Waals surface area (Å²) in [6.07, 6.45) is 5.53. The number of aromatic hydroxyl groups is 1. The minimum atomic E-state index is -0.814. The van der Waals surface area contributed by atoms with Gasteiger partial charge in [0.15, 0.2) is 17.9 Å². The molecular formula is C15H12FNO2. The van der Waals surface area contributed by atoms with Gasteiger partial charge in [-0.3, -0.25) is 9.78 Å². The van der Waals surface area contributed by atoms with Crippen LogP contribution < -0.4 is 0 Å². The van der Waals surface area contributed by atoms with Crippen molar-refractivity contribution in [2.24, 2.45) is 0 Å². The second-order valence-electron chi connectivity index (χ2n) is 4.12. The fourth-order valence-corrected chi connectivity index (χ4v) is 1.60. The highest BCUT2D eigenvalue weighted by atomic mass is 19.1. The summed E-state index contributed by atoms with van der Waals surface area (Å²) in [4.78, 5) is 14.8. The first kappa shape index (κ1) is 13.0. The van der Waals surface area contributed by atoms with E-state index in [2.05, 4.69) is 4.98 Å². The molecule has 0 aliphatic carbocycles. The van der Waals surface area contributed by atoms with Crippen LogP contribution in [0.1, 0.15) is 27.2 Å². The molecule has 0 unspecified atom stereocenters. The maximum atomic E-state index is 13.4. The van der Waals surface area contributed by atoms with Gasteiger partial charge in [-0.25, -0.2) is 4.39 Å². The number of carbonyl (C=O) groups is 1. The zero-order valence-electron chi connectivity index (χ0n) is 10.3. The number of hydrogen-bond acceptors (Lipinski definition) is 3. The van der Waals surface area contributed by atoms with Crippen molar-refractivity contribution in [1.29, 1.82) is 0 Å². The summed E-state index contributed by atoms with van der Waals surface area (Å²) in [7, 11) is 0. The Hall–Kier alpha value is -2.49. The molecule has 2 aromatic rings. The van der Waals surface area contributed by atoms with Crippen LogP contribution in [0.3, 0.4) is 0 Å². The summed E-state index contributed by atoms with van der Waals surface area (Å²) in [6, 6.07) is 6.34. The van der Waals surface area contributed by atoms with Crippen LogP contribution in [0.15, 0.2) is 30.5 Å². The van der Waals surface area contributed by atoms with Crippen molar-refractivity contribution in [3.63, 3.8) is 0 Å². The van der Waals surface area contributed by atoms with E-state index in [1.807, 2.05) is 19.1 Å². The number of aryl methyl sites for hydroxylation is 1. The van der Waals surface area contributed by atoms with Crippen molar-refractivity contribution in [3.8, 4) is 5.75 Å². The van der Waals surface area contributed by atoms with E-state index in [1.54, 1.807) is 18.3 Å². The van der Waals surface area contributed by atoms with Gasteiger partial charge in [0.05, 0.1) is 5.56 Å². The molecular weight excluding hydrogens is 245 g/mol. The first-order chi connectivity index (χ1) is 9.10. The summed E-state index contributed by atoms with van der Waals surface area (Å²) in [5.41, 5.74) is 2.21. The molecule has 96 valence electrons. The van der Waals surface area contributed by atoms with E-state index in [-0.39, 0.29) is 5.56 Å². The summed E-state index contributed by atoms with van der Waals surface area (Å²) < 4.78 is 13.4. The van der Waals surface area contributed by atoms with Crippen LogP contribution in [-0.4, -0.2) is 16.4 Å². The van der Waals surface area contributed by atoms with Gasteiger partial charge in [-0.15, -0.1) is 0 Å². The Balaban J connectivity index is 2.30. The van der Waals surface area contributed by atoms with E-state index in [0.29, 0.717) is 11.8 Å². The smallest absolute Gasteiger partial charge is 0.166 e. The average Bonchev–Trinajstić information content (AvgIpc) is 2.41. The maximum Gasteiger partial charge on any atom is 0.166 e. The molecule has 1 heterocycles. The van der Waals surface area contributed by atoms with E-state index in [1.165, 1.54) is 12.1 Å². The molecule has 0 amide bonds. The number of benzene rings is 1. The third-order valence-corrected chi connectivity index (χ3v) is 2.64. The number of nitrogens with zero attached hydrogens (tertiary/aromatic N) is 1. The number of aromatic nitrogens is 1. The van der Waals surface area contributed by atoms with Crippen molar-refractivity contribution in [1.82, 2.24) is 4.98 Å². The first-order valence-corrected chi connectivity index (χ1v) is 5.68. The second-order valence-corrected chi connectivity index (χ2v) is 4.12. The topological polar surface area (TPSA) is 50.2 Å². The Kier molecular flexibility index (Phi) is 3.71. The lowest BCUT2D eigenvalue weighted by Gasteiger charge is -2.01. The van der Waals surface area contributed by atoms with Gasteiger partial charge >= 0.3 is 0 Å². The van der Waals surface area contributed by atoms with Crippen LogP contribution in [0.25, 0.3) is 12.2 Å². The van der Waals surface area contributed by atoms with E-state index in [9.17, 15) is 14.3 Å². The highest BCUT2D eigenvalue weighted by Crippen LogP contribution is 2.22. The molecule has 1 aromatic carbocycles. The van der Waals surface area contributed by atoms with Gasteiger partial charge in [-0.05, 0) is 36.2 Å². The zero-order chi connectivity index (χ0) is 13.8. The number of aldehydes is 1. The number of carbonyl (C=O) groups excluding carboxylic acids is 1. The zero-order valence-corrected chi connectivity index (χ0v) is 10.3. The van der Waals surface area contributed by atoms with Crippen molar-refractivity contribution in [2.75, 3.05) is 0 Å². The van der Waals surface area contributed by atoms with Gasteiger partial charge < -0.3 is 5.11 Å². The van der Waals surface area contributed by atoms with Crippen molar-refractivity contribution in [3.05, 3.63) is 58.7 Å². The van der Waals surface area contributed by atoms with Crippen LogP contribution in [0.4, 0.5) is 4.39 Å². The fourth-order valence-electron chi connectivity index (χ4n) is 1.60. The van der Waals surface area contributed by atoms with Crippen LogP contribution in [-0.2, 0) is 0 Å². The highest BCUT2D eigenvalue weighted by molar-refractivity contribution is 5.82. The van der Waals surface area contributed by atoms with Crippen molar-refractivity contribution >= 4 is 18.4 Å². The molecule has 1 N–H and O–H groups in total. The molecule has 3 nitrogen and oxygen atoms in total. The molecule has 0 saturated carbocycles. The fraction of sp³-hybridized carbons (Fsp3) is 0.0667. The largest absolute Gasteiger partial charge is 0.504 e. The lowest BCUT2D eigenvalue weighted by molar-refractivity contribution is 0.112. The molecule has 0 saturated heterocycles. The van der Waals surface area contributed by atoms with Crippen LogP contribution in [0.2, 0.25) is 0 Å². The third kappa shape index (κ3) is 3.04. The van der Waals surface area contributed by atoms with Gasteiger partial charge in [0.2, 0.25) is 0 Å². The van der Waals surface area contributed by atoms with Crippen LogP contribution >= 0.6 is 0 Å². The molecule has 2 rings (SSSR count). The van der Waals surface area contributed by atoms with Gasteiger partial charge in [-0.1, -0.05) is 18.2 Å². The molecule has 0 radical (unpaired) electrons. The minimum Gasteiger partial charge on any atom is -0.504 e. The Morgan fingerprint density at radius 2 is 1.95 bits per heavy atom. The van der Waals surface area contributed by atoms with Gasteiger partial charge in [-0.2, -0.15) is 0 Å². The van der Waals surface area contributed by atoms with Gasteiger partial charge in [0.1, 0.15) is 0 Å². The van der Waals surface area contributed by atoms with Gasteiger partial charge in [0.25, 0.3) is 0 Å². The molecule has 0 aliphatic rings. The molecule has 0 atom stereocenters. The molecule has 0 fully saturated rings. The van der Waals surface area contributed by atoms with E-state index >= 15 is 0 Å². The average molecular weight is 257 g/mol. The Morgan fingerprint density at radius 3 is 2.58 bits per heavy atom. The Labute approximate surface area is 110 Å². The Bertz CT molecular complexity index is 633. The predicted octanol–water partition coefficient (Wildman–Crippen LogP) is 3.22. The van der Waals surface area contributed by atoms with E-state index in [0.717, 1.165) is 11.3 Å². The molecule has 4 heteroatoms. The standard InChI is InChI=1S/C15H12FNO2/c1-10-2-3-11(8-17-10)4-5-12-6-13(9-18)15(19)14(16)7-12/h2-9,19H,1H3.